The lowest BCUT2D eigenvalue weighted by Crippen LogP contribution is -2.45. The van der Waals surface area contributed by atoms with Gasteiger partial charge >= 0.3 is 5.63 Å². The Morgan fingerprint density at radius 2 is 2.24 bits per heavy atom. The molecular formula is C19H24N2O4. The van der Waals surface area contributed by atoms with Gasteiger partial charge in [0, 0.05) is 42.6 Å². The van der Waals surface area contributed by atoms with E-state index in [4.69, 9.17) is 14.9 Å². The number of hydrogen-bond donors (Lipinski definition) is 1. The molecule has 1 fully saturated rings. The summed E-state index contributed by atoms with van der Waals surface area (Å²) >= 11 is 0. The number of rotatable bonds is 4. The fourth-order valence-corrected chi connectivity index (χ4v) is 3.42. The summed E-state index contributed by atoms with van der Waals surface area (Å²) in [6.45, 7) is 3.24. The van der Waals surface area contributed by atoms with Gasteiger partial charge in [-0.1, -0.05) is 0 Å². The van der Waals surface area contributed by atoms with Crippen molar-refractivity contribution in [1.29, 1.82) is 0 Å². The largest absolute Gasteiger partial charge is 0.497 e. The molecule has 2 aromatic rings. The molecule has 0 bridgehead atoms. The van der Waals surface area contributed by atoms with Crippen molar-refractivity contribution in [2.45, 2.75) is 38.6 Å². The molecule has 134 valence electrons. The summed E-state index contributed by atoms with van der Waals surface area (Å²) in [4.78, 5) is 26.6. The highest BCUT2D eigenvalue weighted by Crippen LogP contribution is 2.24. The van der Waals surface area contributed by atoms with Gasteiger partial charge in [-0.05, 0) is 43.9 Å². The number of carbonyl (C=O) groups is 1. The minimum atomic E-state index is -0.388. The molecule has 0 aliphatic carbocycles. The van der Waals surface area contributed by atoms with Crippen molar-refractivity contribution in [2.24, 2.45) is 5.73 Å². The molecule has 0 spiro atoms. The molecule has 1 amide bonds. The number of carbonyl (C=O) groups excluding carboxylic acids is 1. The highest BCUT2D eigenvalue weighted by atomic mass is 16.5. The molecule has 2 N–H and O–H groups in total. The average Bonchev–Trinajstić information content (AvgIpc) is 2.60. The fourth-order valence-electron chi connectivity index (χ4n) is 3.42. The number of fused-ring (bicyclic) bond motifs is 1. The predicted octanol–water partition coefficient (Wildman–Crippen LogP) is 1.99. The highest BCUT2D eigenvalue weighted by molar-refractivity contribution is 5.82. The second-order valence-electron chi connectivity index (χ2n) is 6.60. The Morgan fingerprint density at radius 3 is 2.96 bits per heavy atom. The molecule has 6 heteroatoms. The maximum atomic E-state index is 12.4. The van der Waals surface area contributed by atoms with Crippen molar-refractivity contribution in [3.63, 3.8) is 0 Å². The van der Waals surface area contributed by atoms with Crippen LogP contribution in [0.2, 0.25) is 0 Å². The SMILES string of the molecule is COc1ccc2c(C)c(CCC(=O)N3CCCC(N)C3)c(=O)oc2c1. The number of nitrogens with zero attached hydrogens (tertiary/aromatic N) is 1. The summed E-state index contributed by atoms with van der Waals surface area (Å²) in [7, 11) is 1.57. The number of benzene rings is 1. The number of likely N-dealkylation sites (tertiary alicyclic amines) is 1. The third kappa shape index (κ3) is 3.69. The van der Waals surface area contributed by atoms with Crippen molar-refractivity contribution in [3.05, 3.63) is 39.7 Å². The second kappa shape index (κ2) is 7.27. The molecule has 1 atom stereocenters. The third-order valence-corrected chi connectivity index (χ3v) is 4.89. The summed E-state index contributed by atoms with van der Waals surface area (Å²) in [6, 6.07) is 5.47. The first-order valence-electron chi connectivity index (χ1n) is 8.63. The number of aryl methyl sites for hydroxylation is 1. The highest BCUT2D eigenvalue weighted by Gasteiger charge is 2.22. The van der Waals surface area contributed by atoms with Crippen LogP contribution in [0.4, 0.5) is 0 Å². The van der Waals surface area contributed by atoms with Crippen LogP contribution in [0.1, 0.15) is 30.4 Å². The lowest BCUT2D eigenvalue weighted by molar-refractivity contribution is -0.132. The van der Waals surface area contributed by atoms with Gasteiger partial charge in [0.15, 0.2) is 0 Å². The van der Waals surface area contributed by atoms with Crippen molar-refractivity contribution in [2.75, 3.05) is 20.2 Å². The van der Waals surface area contributed by atoms with Gasteiger partial charge in [0.25, 0.3) is 0 Å². The van der Waals surface area contributed by atoms with E-state index in [9.17, 15) is 9.59 Å². The second-order valence-corrected chi connectivity index (χ2v) is 6.60. The van der Waals surface area contributed by atoms with E-state index in [0.29, 0.717) is 36.3 Å². The molecule has 1 aliphatic heterocycles. The summed E-state index contributed by atoms with van der Waals surface area (Å²) < 4.78 is 10.6. The Bertz CT molecular complexity index is 843. The first-order chi connectivity index (χ1) is 12.0. The summed E-state index contributed by atoms with van der Waals surface area (Å²) in [5.41, 5.74) is 7.47. The molecule has 3 rings (SSSR count). The van der Waals surface area contributed by atoms with Gasteiger partial charge in [0.2, 0.25) is 5.91 Å². The number of amides is 1. The molecule has 6 nitrogen and oxygen atoms in total. The first-order valence-corrected chi connectivity index (χ1v) is 8.63. The van der Waals surface area contributed by atoms with E-state index in [1.54, 1.807) is 18.1 Å². The van der Waals surface area contributed by atoms with Gasteiger partial charge in [0.1, 0.15) is 11.3 Å². The van der Waals surface area contributed by atoms with Crippen LogP contribution in [-0.2, 0) is 11.2 Å². The van der Waals surface area contributed by atoms with Crippen LogP contribution >= 0.6 is 0 Å². The van der Waals surface area contributed by atoms with Gasteiger partial charge in [-0.15, -0.1) is 0 Å². The van der Waals surface area contributed by atoms with Gasteiger partial charge in [-0.25, -0.2) is 4.79 Å². The van der Waals surface area contributed by atoms with E-state index in [2.05, 4.69) is 0 Å². The van der Waals surface area contributed by atoms with Crippen LogP contribution in [0.15, 0.2) is 27.4 Å². The fraction of sp³-hybridized carbons (Fsp3) is 0.474. The number of nitrogens with two attached hydrogens (primary N) is 1. The maximum Gasteiger partial charge on any atom is 0.339 e. The zero-order valence-corrected chi connectivity index (χ0v) is 14.7. The van der Waals surface area contributed by atoms with Gasteiger partial charge in [-0.3, -0.25) is 4.79 Å². The Balaban J connectivity index is 1.79. The predicted molar refractivity (Wildman–Crippen MR) is 95.9 cm³/mol. The van der Waals surface area contributed by atoms with Crippen LogP contribution in [0.25, 0.3) is 11.0 Å². The molecule has 1 aliphatic rings. The third-order valence-electron chi connectivity index (χ3n) is 4.89. The van der Waals surface area contributed by atoms with Gasteiger partial charge in [-0.2, -0.15) is 0 Å². The lowest BCUT2D eigenvalue weighted by Gasteiger charge is -2.30. The van der Waals surface area contributed by atoms with Crippen LogP contribution in [0.5, 0.6) is 5.75 Å². The van der Waals surface area contributed by atoms with Crippen molar-refractivity contribution >= 4 is 16.9 Å². The summed E-state index contributed by atoms with van der Waals surface area (Å²) in [5.74, 6) is 0.684. The quantitative estimate of drug-likeness (QED) is 0.857. The Morgan fingerprint density at radius 1 is 1.44 bits per heavy atom. The molecule has 1 unspecified atom stereocenters. The molecule has 1 aromatic heterocycles. The molecule has 2 heterocycles. The van der Waals surface area contributed by atoms with Gasteiger partial charge in [0.05, 0.1) is 7.11 Å². The zero-order chi connectivity index (χ0) is 18.0. The molecule has 1 aromatic carbocycles. The smallest absolute Gasteiger partial charge is 0.339 e. The van der Waals surface area contributed by atoms with Crippen molar-refractivity contribution < 1.29 is 13.9 Å². The van der Waals surface area contributed by atoms with E-state index in [1.807, 2.05) is 19.1 Å². The molecular weight excluding hydrogens is 320 g/mol. The normalized spacial score (nSPS) is 17.7. The maximum absolute atomic E-state index is 12.4. The Kier molecular flexibility index (Phi) is 5.08. The summed E-state index contributed by atoms with van der Waals surface area (Å²) in [5, 5.41) is 0.864. The zero-order valence-electron chi connectivity index (χ0n) is 14.7. The molecule has 0 saturated carbocycles. The Hall–Kier alpha value is -2.34. The van der Waals surface area contributed by atoms with Crippen LogP contribution in [0.3, 0.4) is 0 Å². The van der Waals surface area contributed by atoms with E-state index < -0.39 is 0 Å². The van der Waals surface area contributed by atoms with Crippen molar-refractivity contribution in [3.8, 4) is 5.75 Å². The molecule has 0 radical (unpaired) electrons. The average molecular weight is 344 g/mol. The minimum absolute atomic E-state index is 0.0452. The topological polar surface area (TPSA) is 85.8 Å². The molecule has 1 saturated heterocycles. The Labute approximate surface area is 146 Å². The standard InChI is InChI=1S/C19H24N2O4/c1-12-15-6-5-14(24-2)10-17(15)25-19(23)16(12)7-8-18(22)21-9-3-4-13(20)11-21/h5-6,10,13H,3-4,7-9,11,20H2,1-2H3. The van der Waals surface area contributed by atoms with E-state index >= 15 is 0 Å². The monoisotopic (exact) mass is 344 g/mol. The number of hydrogen-bond acceptors (Lipinski definition) is 5. The number of methoxy groups -OCH3 is 1. The lowest BCUT2D eigenvalue weighted by atomic mass is 10.0. The van der Waals surface area contributed by atoms with Crippen LogP contribution < -0.4 is 16.1 Å². The van der Waals surface area contributed by atoms with E-state index in [1.165, 1.54) is 0 Å². The number of piperidine rings is 1. The first kappa shape index (κ1) is 17.5. The number of ether oxygens (including phenoxy) is 1. The van der Waals surface area contributed by atoms with E-state index in [-0.39, 0.29) is 17.6 Å². The summed E-state index contributed by atoms with van der Waals surface area (Å²) in [6.07, 6.45) is 2.56. The minimum Gasteiger partial charge on any atom is -0.497 e. The van der Waals surface area contributed by atoms with E-state index in [0.717, 1.165) is 30.3 Å². The van der Waals surface area contributed by atoms with Crippen LogP contribution in [-0.4, -0.2) is 37.0 Å². The van der Waals surface area contributed by atoms with Crippen LogP contribution in [0, 0.1) is 6.92 Å². The van der Waals surface area contributed by atoms with Gasteiger partial charge < -0.3 is 19.8 Å². The molecule has 25 heavy (non-hydrogen) atoms. The van der Waals surface area contributed by atoms with Crippen molar-refractivity contribution in [1.82, 2.24) is 4.90 Å².